The molecule has 0 radical (unpaired) electrons. The number of ether oxygens (including phenoxy) is 2. The van der Waals surface area contributed by atoms with Crippen molar-refractivity contribution in [2.24, 2.45) is 0 Å². The molecule has 1 amide bonds. The van der Waals surface area contributed by atoms with Crippen LogP contribution in [0.15, 0.2) is 42.5 Å². The molecule has 1 atom stereocenters. The molecule has 6 heteroatoms. The number of nitrogens with one attached hydrogen (secondary N) is 1. The zero-order valence-corrected chi connectivity index (χ0v) is 16.6. The lowest BCUT2D eigenvalue weighted by Gasteiger charge is -2.11. The van der Waals surface area contributed by atoms with Crippen molar-refractivity contribution in [3.05, 3.63) is 52.9 Å². The molecule has 0 fully saturated rings. The number of benzene rings is 2. The van der Waals surface area contributed by atoms with Crippen LogP contribution in [0, 0.1) is 0 Å². The first kappa shape index (κ1) is 18.7. The van der Waals surface area contributed by atoms with Gasteiger partial charge in [0.25, 0.3) is 0 Å². The fourth-order valence-corrected chi connectivity index (χ4v) is 4.40. The number of hydrogen-bond donors (Lipinski definition) is 1. The largest absolute Gasteiger partial charge is 0.488 e. The Bertz CT molecular complexity index is 1060. The molecule has 1 aromatic heterocycles. The van der Waals surface area contributed by atoms with Crippen LogP contribution in [0.4, 0.5) is 0 Å². The Morgan fingerprint density at radius 1 is 1.21 bits per heavy atom. The van der Waals surface area contributed by atoms with Crippen molar-refractivity contribution in [1.29, 1.82) is 0 Å². The lowest BCUT2D eigenvalue weighted by molar-refractivity contribution is -0.125. The van der Waals surface area contributed by atoms with E-state index in [0.717, 1.165) is 38.3 Å². The Morgan fingerprint density at radius 2 is 2.07 bits per heavy atom. The minimum absolute atomic E-state index is 0.0550. The van der Waals surface area contributed by atoms with Crippen molar-refractivity contribution in [3.8, 4) is 16.2 Å². The van der Waals surface area contributed by atoms with Gasteiger partial charge in [0.2, 0.25) is 5.91 Å². The number of amides is 1. The van der Waals surface area contributed by atoms with Gasteiger partial charge in [0.1, 0.15) is 18.5 Å². The van der Waals surface area contributed by atoms with Crippen molar-refractivity contribution in [2.45, 2.75) is 19.4 Å². The maximum Gasteiger partial charge on any atom is 0.246 e. The van der Waals surface area contributed by atoms with Crippen LogP contribution in [-0.4, -0.2) is 38.1 Å². The van der Waals surface area contributed by atoms with E-state index in [2.05, 4.69) is 29.6 Å². The summed E-state index contributed by atoms with van der Waals surface area (Å²) in [6.07, 6.45) is 0.684. The summed E-state index contributed by atoms with van der Waals surface area (Å²) in [6.45, 7) is 2.10. The molecule has 0 bridgehead atoms. The number of carbonyl (C=O) groups is 2. The van der Waals surface area contributed by atoms with E-state index in [9.17, 15) is 9.59 Å². The third kappa shape index (κ3) is 3.66. The highest BCUT2D eigenvalue weighted by Crippen LogP contribution is 2.37. The Balaban J connectivity index is 1.55. The molecule has 144 valence electrons. The molecule has 0 saturated carbocycles. The molecule has 1 N–H and O–H groups in total. The monoisotopic (exact) mass is 395 g/mol. The molecule has 1 unspecified atom stereocenters. The van der Waals surface area contributed by atoms with Gasteiger partial charge in [-0.15, -0.1) is 11.3 Å². The summed E-state index contributed by atoms with van der Waals surface area (Å²) in [4.78, 5) is 25.0. The fourth-order valence-electron chi connectivity index (χ4n) is 3.50. The fraction of sp³-hybridized carbons (Fsp3) is 0.273. The number of carbonyl (C=O) groups excluding carboxylic acids is 2. The Labute approximate surface area is 167 Å². The smallest absolute Gasteiger partial charge is 0.246 e. The molecule has 28 heavy (non-hydrogen) atoms. The van der Waals surface area contributed by atoms with E-state index in [1.54, 1.807) is 6.92 Å². The van der Waals surface area contributed by atoms with Gasteiger partial charge in [0.05, 0.1) is 11.4 Å². The summed E-state index contributed by atoms with van der Waals surface area (Å²) in [7, 11) is 1.50. The lowest BCUT2D eigenvalue weighted by atomic mass is 9.98. The van der Waals surface area contributed by atoms with Gasteiger partial charge in [0.15, 0.2) is 5.78 Å². The average molecular weight is 395 g/mol. The summed E-state index contributed by atoms with van der Waals surface area (Å²) in [6, 6.07) is 14.3. The van der Waals surface area contributed by atoms with Gasteiger partial charge in [-0.2, -0.15) is 0 Å². The van der Waals surface area contributed by atoms with Crippen molar-refractivity contribution in [3.63, 3.8) is 0 Å². The zero-order chi connectivity index (χ0) is 19.7. The van der Waals surface area contributed by atoms with Crippen LogP contribution in [0.1, 0.15) is 22.2 Å². The third-order valence-corrected chi connectivity index (χ3v) is 6.09. The van der Waals surface area contributed by atoms with E-state index in [1.165, 1.54) is 24.0 Å². The SMILES string of the molecule is COCC(=O)NCC1Cc2c(ccc3cc(-c4ccc(C(C)=O)s4)ccc23)O1. The topological polar surface area (TPSA) is 64.6 Å². The second-order valence-corrected chi connectivity index (χ2v) is 7.96. The van der Waals surface area contributed by atoms with Gasteiger partial charge in [-0.3, -0.25) is 9.59 Å². The molecule has 4 rings (SSSR count). The third-order valence-electron chi connectivity index (χ3n) is 4.85. The van der Waals surface area contributed by atoms with Crippen molar-refractivity contribution < 1.29 is 19.1 Å². The van der Waals surface area contributed by atoms with Gasteiger partial charge in [-0.05, 0) is 47.5 Å². The second-order valence-electron chi connectivity index (χ2n) is 6.88. The number of Topliss-reactive ketones (excluding diaryl/α,β-unsaturated/α-hetero) is 1. The number of hydrogen-bond acceptors (Lipinski definition) is 5. The normalized spacial score (nSPS) is 15.3. The summed E-state index contributed by atoms with van der Waals surface area (Å²) in [5, 5.41) is 5.14. The minimum Gasteiger partial charge on any atom is -0.488 e. The summed E-state index contributed by atoms with van der Waals surface area (Å²) in [5.74, 6) is 0.828. The molecule has 2 aromatic carbocycles. The van der Waals surface area contributed by atoms with Crippen LogP contribution in [0.25, 0.3) is 21.2 Å². The minimum atomic E-state index is -0.141. The molecular formula is C22H21NO4S. The van der Waals surface area contributed by atoms with Gasteiger partial charge < -0.3 is 14.8 Å². The van der Waals surface area contributed by atoms with E-state index in [4.69, 9.17) is 9.47 Å². The average Bonchev–Trinajstić information content (AvgIpc) is 3.33. The number of rotatable bonds is 6. The maximum absolute atomic E-state index is 11.6. The molecule has 1 aliphatic rings. The van der Waals surface area contributed by atoms with Gasteiger partial charge in [0, 0.05) is 24.0 Å². The van der Waals surface area contributed by atoms with Gasteiger partial charge in [-0.1, -0.05) is 18.2 Å². The molecule has 3 aromatic rings. The Morgan fingerprint density at radius 3 is 2.82 bits per heavy atom. The van der Waals surface area contributed by atoms with Gasteiger partial charge >= 0.3 is 0 Å². The van der Waals surface area contributed by atoms with Gasteiger partial charge in [-0.25, -0.2) is 0 Å². The second kappa shape index (κ2) is 7.73. The van der Waals surface area contributed by atoms with E-state index in [1.807, 2.05) is 18.2 Å². The van der Waals surface area contributed by atoms with Crippen LogP contribution < -0.4 is 10.1 Å². The molecule has 1 aliphatic heterocycles. The van der Waals surface area contributed by atoms with Crippen molar-refractivity contribution in [1.82, 2.24) is 5.32 Å². The first-order valence-electron chi connectivity index (χ1n) is 9.14. The first-order chi connectivity index (χ1) is 13.5. The summed E-state index contributed by atoms with van der Waals surface area (Å²) < 4.78 is 10.8. The Hall–Kier alpha value is -2.70. The molecule has 0 aliphatic carbocycles. The molecule has 5 nitrogen and oxygen atoms in total. The highest BCUT2D eigenvalue weighted by Gasteiger charge is 2.25. The van der Waals surface area contributed by atoms with E-state index >= 15 is 0 Å². The van der Waals surface area contributed by atoms with Crippen molar-refractivity contribution in [2.75, 3.05) is 20.3 Å². The number of methoxy groups -OCH3 is 1. The number of ketones is 1. The standard InChI is InChI=1S/C22H21NO4S/c1-13(24)20-7-8-21(28-20)15-3-5-17-14(9-15)4-6-19-18(17)10-16(27-19)11-23-22(25)12-26-2/h3-9,16H,10-12H2,1-2H3,(H,23,25). The summed E-state index contributed by atoms with van der Waals surface area (Å²) >= 11 is 1.52. The van der Waals surface area contributed by atoms with E-state index in [0.29, 0.717) is 6.54 Å². The predicted molar refractivity (Wildman–Crippen MR) is 110 cm³/mol. The highest BCUT2D eigenvalue weighted by atomic mass is 32.1. The highest BCUT2D eigenvalue weighted by molar-refractivity contribution is 7.17. The van der Waals surface area contributed by atoms with Crippen LogP contribution >= 0.6 is 11.3 Å². The Kier molecular flexibility index (Phi) is 5.15. The number of fused-ring (bicyclic) bond motifs is 3. The first-order valence-corrected chi connectivity index (χ1v) is 9.96. The molecule has 0 spiro atoms. The molecule has 2 heterocycles. The lowest BCUT2D eigenvalue weighted by Crippen LogP contribution is -2.36. The molecule has 0 saturated heterocycles. The van der Waals surface area contributed by atoms with Crippen LogP contribution in [0.2, 0.25) is 0 Å². The van der Waals surface area contributed by atoms with Crippen LogP contribution in [-0.2, 0) is 16.0 Å². The number of thiophene rings is 1. The quantitative estimate of drug-likeness (QED) is 0.644. The molecular weight excluding hydrogens is 374 g/mol. The van der Waals surface area contributed by atoms with E-state index in [-0.39, 0.29) is 24.4 Å². The van der Waals surface area contributed by atoms with Crippen LogP contribution in [0.5, 0.6) is 5.75 Å². The maximum atomic E-state index is 11.6. The summed E-state index contributed by atoms with van der Waals surface area (Å²) in [5.41, 5.74) is 2.28. The van der Waals surface area contributed by atoms with Crippen molar-refractivity contribution >= 4 is 33.8 Å². The zero-order valence-electron chi connectivity index (χ0n) is 15.8. The van der Waals surface area contributed by atoms with E-state index < -0.39 is 0 Å². The predicted octanol–water partition coefficient (Wildman–Crippen LogP) is 3.84. The van der Waals surface area contributed by atoms with Crippen LogP contribution in [0.3, 0.4) is 0 Å².